The van der Waals surface area contributed by atoms with Crippen LogP contribution in [0.4, 0.5) is 0 Å². The largest absolute Gasteiger partial charge is 0.494 e. The van der Waals surface area contributed by atoms with Crippen molar-refractivity contribution in [2.45, 2.75) is 30.7 Å². The van der Waals surface area contributed by atoms with Gasteiger partial charge in [-0.1, -0.05) is 15.9 Å². The van der Waals surface area contributed by atoms with Crippen LogP contribution in [0.1, 0.15) is 19.8 Å². The van der Waals surface area contributed by atoms with Crippen molar-refractivity contribution >= 4 is 15.9 Å². The summed E-state index contributed by atoms with van der Waals surface area (Å²) in [7, 11) is 0. The molecule has 0 spiro atoms. The average Bonchev–Trinajstić information content (AvgIpc) is 2.19. The molecule has 0 aromatic heterocycles. The first-order chi connectivity index (χ1) is 7.28. The first-order valence-corrected chi connectivity index (χ1v) is 6.23. The summed E-state index contributed by atoms with van der Waals surface area (Å²) in [5.41, 5.74) is 0. The Morgan fingerprint density at radius 2 is 1.80 bits per heavy atom. The molecule has 1 saturated carbocycles. The van der Waals surface area contributed by atoms with Gasteiger partial charge >= 0.3 is 0 Å². The molecule has 0 atom stereocenters. The lowest BCUT2D eigenvalue weighted by Crippen LogP contribution is -2.33. The van der Waals surface area contributed by atoms with Crippen LogP contribution >= 0.6 is 15.9 Å². The minimum Gasteiger partial charge on any atom is -0.494 e. The normalized spacial score (nSPS) is 24.4. The lowest BCUT2D eigenvalue weighted by Gasteiger charge is -2.31. The zero-order chi connectivity index (χ0) is 10.7. The molecule has 1 aromatic rings. The summed E-state index contributed by atoms with van der Waals surface area (Å²) in [5, 5.41) is 0. The number of halogens is 1. The van der Waals surface area contributed by atoms with E-state index in [0.29, 0.717) is 17.5 Å². The summed E-state index contributed by atoms with van der Waals surface area (Å²) in [4.78, 5) is 0.644. The molecule has 0 amide bonds. The summed E-state index contributed by atoms with van der Waals surface area (Å²) < 4.78 is 11.1. The van der Waals surface area contributed by atoms with E-state index >= 15 is 0 Å². The van der Waals surface area contributed by atoms with Crippen molar-refractivity contribution < 1.29 is 9.47 Å². The number of alkyl halides is 1. The van der Waals surface area contributed by atoms with Gasteiger partial charge in [0.2, 0.25) is 0 Å². The van der Waals surface area contributed by atoms with Crippen LogP contribution in [0, 0.1) is 0 Å². The van der Waals surface area contributed by atoms with Gasteiger partial charge in [-0.25, -0.2) is 0 Å². The van der Waals surface area contributed by atoms with Gasteiger partial charge in [-0.3, -0.25) is 0 Å². The van der Waals surface area contributed by atoms with Gasteiger partial charge in [0.1, 0.15) is 17.6 Å². The predicted octanol–water partition coefficient (Wildman–Crippen LogP) is 3.39. The molecule has 0 bridgehead atoms. The summed E-state index contributed by atoms with van der Waals surface area (Å²) >= 11 is 3.55. The highest BCUT2D eigenvalue weighted by Crippen LogP contribution is 2.31. The smallest absolute Gasteiger partial charge is 0.119 e. The molecule has 3 heteroatoms. The summed E-state index contributed by atoms with van der Waals surface area (Å²) in [6.45, 7) is 2.68. The van der Waals surface area contributed by atoms with Crippen molar-refractivity contribution in [3.05, 3.63) is 24.3 Å². The second-order valence-electron chi connectivity index (χ2n) is 3.71. The van der Waals surface area contributed by atoms with Gasteiger partial charge in [0.05, 0.1) is 6.61 Å². The molecule has 1 aromatic carbocycles. The van der Waals surface area contributed by atoms with Crippen LogP contribution in [0.25, 0.3) is 0 Å². The molecule has 0 aliphatic heterocycles. The van der Waals surface area contributed by atoms with Gasteiger partial charge in [-0.2, -0.15) is 0 Å². The zero-order valence-electron chi connectivity index (χ0n) is 8.78. The highest BCUT2D eigenvalue weighted by Gasteiger charge is 2.28. The van der Waals surface area contributed by atoms with Crippen molar-refractivity contribution in [1.82, 2.24) is 0 Å². The highest BCUT2D eigenvalue weighted by molar-refractivity contribution is 9.09. The number of benzene rings is 1. The van der Waals surface area contributed by atoms with Crippen LogP contribution < -0.4 is 9.47 Å². The maximum atomic E-state index is 5.77. The topological polar surface area (TPSA) is 18.5 Å². The molecule has 1 aliphatic carbocycles. The fourth-order valence-electron chi connectivity index (χ4n) is 1.57. The van der Waals surface area contributed by atoms with E-state index in [0.717, 1.165) is 24.3 Å². The third kappa shape index (κ3) is 2.88. The molecule has 2 nitrogen and oxygen atoms in total. The molecule has 1 fully saturated rings. The fraction of sp³-hybridized carbons (Fsp3) is 0.500. The van der Waals surface area contributed by atoms with E-state index in [-0.39, 0.29) is 0 Å². The maximum Gasteiger partial charge on any atom is 0.119 e. The Kier molecular flexibility index (Phi) is 3.52. The summed E-state index contributed by atoms with van der Waals surface area (Å²) in [5.74, 6) is 1.83. The van der Waals surface area contributed by atoms with Crippen LogP contribution in [-0.2, 0) is 0 Å². The molecule has 0 radical (unpaired) electrons. The molecule has 15 heavy (non-hydrogen) atoms. The lowest BCUT2D eigenvalue weighted by molar-refractivity contribution is 0.128. The van der Waals surface area contributed by atoms with Gasteiger partial charge < -0.3 is 9.47 Å². The molecule has 0 saturated heterocycles. The average molecular weight is 271 g/mol. The van der Waals surface area contributed by atoms with Gasteiger partial charge in [0.15, 0.2) is 0 Å². The maximum absolute atomic E-state index is 5.77. The van der Waals surface area contributed by atoms with Gasteiger partial charge in [0.25, 0.3) is 0 Å². The van der Waals surface area contributed by atoms with Crippen molar-refractivity contribution in [3.63, 3.8) is 0 Å². The van der Waals surface area contributed by atoms with Gasteiger partial charge in [-0.15, -0.1) is 0 Å². The van der Waals surface area contributed by atoms with E-state index in [2.05, 4.69) is 15.9 Å². The molecule has 82 valence electrons. The SMILES string of the molecule is CCOc1ccc(OC2CC(Br)C2)cc1. The molecular formula is C12H15BrO2. The first-order valence-electron chi connectivity index (χ1n) is 5.31. The van der Waals surface area contributed by atoms with Crippen LogP contribution in [0.5, 0.6) is 11.5 Å². The van der Waals surface area contributed by atoms with E-state index in [1.807, 2.05) is 31.2 Å². The Morgan fingerprint density at radius 3 is 2.33 bits per heavy atom. The molecule has 2 rings (SSSR count). The lowest BCUT2D eigenvalue weighted by atomic mass is 9.96. The molecule has 0 heterocycles. The van der Waals surface area contributed by atoms with E-state index < -0.39 is 0 Å². The standard InChI is InChI=1S/C12H15BrO2/c1-2-14-10-3-5-11(6-4-10)15-12-7-9(13)8-12/h3-6,9,12H,2,7-8H2,1H3. The quantitative estimate of drug-likeness (QED) is 0.781. The molecule has 0 N–H and O–H groups in total. The second kappa shape index (κ2) is 4.88. The third-order valence-corrected chi connectivity index (χ3v) is 3.22. The van der Waals surface area contributed by atoms with E-state index in [1.165, 1.54) is 0 Å². The monoisotopic (exact) mass is 270 g/mol. The van der Waals surface area contributed by atoms with Crippen molar-refractivity contribution in [2.75, 3.05) is 6.61 Å². The van der Waals surface area contributed by atoms with Crippen LogP contribution in [-0.4, -0.2) is 17.5 Å². The number of ether oxygens (including phenoxy) is 2. The molecule has 0 unspecified atom stereocenters. The van der Waals surface area contributed by atoms with Crippen molar-refractivity contribution in [1.29, 1.82) is 0 Å². The Balaban J connectivity index is 1.87. The van der Waals surface area contributed by atoms with Crippen molar-refractivity contribution in [3.8, 4) is 11.5 Å². The zero-order valence-corrected chi connectivity index (χ0v) is 10.4. The van der Waals surface area contributed by atoms with E-state index in [4.69, 9.17) is 9.47 Å². The van der Waals surface area contributed by atoms with Gasteiger partial charge in [-0.05, 0) is 44.0 Å². The Bertz CT molecular complexity index is 304. The van der Waals surface area contributed by atoms with E-state index in [1.54, 1.807) is 0 Å². The summed E-state index contributed by atoms with van der Waals surface area (Å²) in [6, 6.07) is 7.82. The molecular weight excluding hydrogens is 256 g/mol. The first kappa shape index (κ1) is 10.8. The fourth-order valence-corrected chi connectivity index (χ4v) is 2.41. The number of hydrogen-bond donors (Lipinski definition) is 0. The van der Waals surface area contributed by atoms with Crippen LogP contribution in [0.2, 0.25) is 0 Å². The summed E-state index contributed by atoms with van der Waals surface area (Å²) in [6.07, 6.45) is 2.59. The van der Waals surface area contributed by atoms with Crippen LogP contribution in [0.15, 0.2) is 24.3 Å². The highest BCUT2D eigenvalue weighted by atomic mass is 79.9. The van der Waals surface area contributed by atoms with Crippen molar-refractivity contribution in [2.24, 2.45) is 0 Å². The third-order valence-electron chi connectivity index (χ3n) is 2.47. The van der Waals surface area contributed by atoms with E-state index in [9.17, 15) is 0 Å². The molecule has 1 aliphatic rings. The minimum atomic E-state index is 0.382. The number of hydrogen-bond acceptors (Lipinski definition) is 2. The van der Waals surface area contributed by atoms with Gasteiger partial charge in [0, 0.05) is 4.83 Å². The Morgan fingerprint density at radius 1 is 1.20 bits per heavy atom. The predicted molar refractivity (Wildman–Crippen MR) is 64.0 cm³/mol. The number of rotatable bonds is 4. The Hall–Kier alpha value is -0.700. The minimum absolute atomic E-state index is 0.382. The Labute approximate surface area is 98.7 Å². The second-order valence-corrected chi connectivity index (χ2v) is 5.01. The van der Waals surface area contributed by atoms with Crippen LogP contribution in [0.3, 0.4) is 0 Å².